The zero-order valence-corrected chi connectivity index (χ0v) is 13.3. The fraction of sp³-hybridized carbons (Fsp3) is 0.412. The van der Waals surface area contributed by atoms with Gasteiger partial charge in [0.1, 0.15) is 17.4 Å². The number of nitrogens with one attached hydrogen (secondary N) is 1. The second-order valence-electron chi connectivity index (χ2n) is 5.46. The number of methoxy groups -OCH3 is 1. The van der Waals surface area contributed by atoms with Crippen LogP contribution in [-0.2, 0) is 9.53 Å². The van der Waals surface area contributed by atoms with Gasteiger partial charge in [-0.05, 0) is 25.0 Å². The van der Waals surface area contributed by atoms with Gasteiger partial charge < -0.3 is 24.3 Å². The van der Waals surface area contributed by atoms with Gasteiger partial charge >= 0.3 is 0 Å². The molecule has 0 aromatic heterocycles. The van der Waals surface area contributed by atoms with Crippen molar-refractivity contribution in [1.82, 2.24) is 5.32 Å². The molecule has 0 unspecified atom stereocenters. The predicted octanol–water partition coefficient (Wildman–Crippen LogP) is 1.63. The maximum absolute atomic E-state index is 12.2. The fourth-order valence-corrected chi connectivity index (χ4v) is 2.64. The Balaban J connectivity index is 1.77. The molecule has 126 valence electrons. The van der Waals surface area contributed by atoms with Gasteiger partial charge in [0, 0.05) is 24.8 Å². The molecule has 1 saturated heterocycles. The number of nitriles is 1. The molecule has 0 saturated carbocycles. The maximum Gasteiger partial charge on any atom is 0.262 e. The van der Waals surface area contributed by atoms with Crippen LogP contribution in [0.1, 0.15) is 18.4 Å². The molecule has 1 amide bonds. The Morgan fingerprint density at radius 3 is 2.92 bits per heavy atom. The van der Waals surface area contributed by atoms with E-state index in [1.807, 2.05) is 6.07 Å². The van der Waals surface area contributed by atoms with E-state index in [2.05, 4.69) is 5.32 Å². The van der Waals surface area contributed by atoms with Crippen molar-refractivity contribution in [2.75, 3.05) is 27.1 Å². The third kappa shape index (κ3) is 3.44. The summed E-state index contributed by atoms with van der Waals surface area (Å²) < 4.78 is 21.4. The monoisotopic (exact) mass is 330 g/mol. The Hall–Kier alpha value is -2.72. The average Bonchev–Trinajstić information content (AvgIpc) is 3.27. The van der Waals surface area contributed by atoms with Gasteiger partial charge in [0.25, 0.3) is 5.91 Å². The lowest BCUT2D eigenvalue weighted by Crippen LogP contribution is -2.32. The highest BCUT2D eigenvalue weighted by Crippen LogP contribution is 2.38. The number of carbonyl (C=O) groups excluding carboxylic acids is 1. The molecule has 2 heterocycles. The summed E-state index contributed by atoms with van der Waals surface area (Å²) in [6, 6.07) is 5.29. The van der Waals surface area contributed by atoms with Crippen molar-refractivity contribution in [2.24, 2.45) is 0 Å². The number of rotatable bonds is 5. The molecular formula is C17H18N2O5. The van der Waals surface area contributed by atoms with Gasteiger partial charge in [0.2, 0.25) is 6.79 Å². The minimum absolute atomic E-state index is 0.00911. The molecule has 1 fully saturated rings. The second-order valence-corrected chi connectivity index (χ2v) is 5.46. The van der Waals surface area contributed by atoms with Crippen LogP contribution in [0.25, 0.3) is 6.08 Å². The maximum atomic E-state index is 12.2. The lowest BCUT2D eigenvalue weighted by molar-refractivity contribution is -0.117. The first-order valence-electron chi connectivity index (χ1n) is 7.70. The van der Waals surface area contributed by atoms with Crippen molar-refractivity contribution in [2.45, 2.75) is 18.9 Å². The summed E-state index contributed by atoms with van der Waals surface area (Å²) in [5.41, 5.74) is 0.565. The van der Waals surface area contributed by atoms with Gasteiger partial charge in [-0.25, -0.2) is 0 Å². The Morgan fingerprint density at radius 1 is 1.46 bits per heavy atom. The van der Waals surface area contributed by atoms with Crippen LogP contribution < -0.4 is 19.5 Å². The predicted molar refractivity (Wildman–Crippen MR) is 84.7 cm³/mol. The molecule has 3 rings (SSSR count). The molecule has 1 atom stereocenters. The number of nitrogens with zero attached hydrogens (tertiary/aromatic N) is 1. The molecule has 24 heavy (non-hydrogen) atoms. The van der Waals surface area contributed by atoms with Crippen molar-refractivity contribution in [3.63, 3.8) is 0 Å². The molecule has 7 heteroatoms. The number of hydrogen-bond acceptors (Lipinski definition) is 6. The van der Waals surface area contributed by atoms with Crippen molar-refractivity contribution in [3.8, 4) is 23.3 Å². The Bertz CT molecular complexity index is 702. The summed E-state index contributed by atoms with van der Waals surface area (Å²) in [5, 5.41) is 12.0. The third-order valence-corrected chi connectivity index (χ3v) is 3.90. The molecule has 0 bridgehead atoms. The van der Waals surface area contributed by atoms with Crippen LogP contribution in [0.4, 0.5) is 0 Å². The lowest BCUT2D eigenvalue weighted by Gasteiger charge is -2.11. The van der Waals surface area contributed by atoms with Gasteiger partial charge in [-0.2, -0.15) is 5.26 Å². The average molecular weight is 330 g/mol. The van der Waals surface area contributed by atoms with Crippen molar-refractivity contribution >= 4 is 12.0 Å². The minimum Gasteiger partial charge on any atom is -0.496 e. The number of carbonyl (C=O) groups is 1. The van der Waals surface area contributed by atoms with E-state index in [4.69, 9.17) is 18.9 Å². The van der Waals surface area contributed by atoms with E-state index in [9.17, 15) is 10.1 Å². The number of hydrogen-bond donors (Lipinski definition) is 1. The summed E-state index contributed by atoms with van der Waals surface area (Å²) in [6.07, 6.45) is 3.41. The van der Waals surface area contributed by atoms with Crippen LogP contribution in [-0.4, -0.2) is 39.1 Å². The first-order chi connectivity index (χ1) is 11.7. The summed E-state index contributed by atoms with van der Waals surface area (Å²) in [5.74, 6) is 1.19. The first kappa shape index (κ1) is 16.1. The molecule has 0 spiro atoms. The molecule has 2 aliphatic heterocycles. The smallest absolute Gasteiger partial charge is 0.262 e. The molecule has 0 aliphatic carbocycles. The normalized spacial score (nSPS) is 19.0. The Kier molecular flexibility index (Phi) is 4.87. The quantitative estimate of drug-likeness (QED) is 0.652. The van der Waals surface area contributed by atoms with Crippen LogP contribution in [0.2, 0.25) is 0 Å². The van der Waals surface area contributed by atoms with Gasteiger partial charge in [0.05, 0.1) is 13.2 Å². The van der Waals surface area contributed by atoms with E-state index in [0.717, 1.165) is 19.4 Å². The van der Waals surface area contributed by atoms with E-state index in [-0.39, 0.29) is 18.5 Å². The molecule has 1 aromatic rings. The summed E-state index contributed by atoms with van der Waals surface area (Å²) >= 11 is 0. The highest BCUT2D eigenvalue weighted by atomic mass is 16.7. The lowest BCUT2D eigenvalue weighted by atomic mass is 10.1. The molecule has 2 aliphatic rings. The summed E-state index contributed by atoms with van der Waals surface area (Å²) in [6.45, 7) is 1.25. The van der Waals surface area contributed by atoms with Gasteiger partial charge in [-0.1, -0.05) is 0 Å². The van der Waals surface area contributed by atoms with Gasteiger partial charge in [-0.15, -0.1) is 0 Å². The van der Waals surface area contributed by atoms with Crippen LogP contribution >= 0.6 is 0 Å². The first-order valence-corrected chi connectivity index (χ1v) is 7.70. The van der Waals surface area contributed by atoms with E-state index < -0.39 is 5.91 Å². The SMILES string of the molecule is COc1cc2c(cc1/C=C(\C#N)C(=O)NC[C@H]1CCCO1)OCO2. The third-order valence-electron chi connectivity index (χ3n) is 3.90. The van der Waals surface area contributed by atoms with Crippen molar-refractivity contribution in [3.05, 3.63) is 23.3 Å². The van der Waals surface area contributed by atoms with Crippen molar-refractivity contribution < 1.29 is 23.7 Å². The zero-order valence-electron chi connectivity index (χ0n) is 13.3. The van der Waals surface area contributed by atoms with Crippen molar-refractivity contribution in [1.29, 1.82) is 5.26 Å². The number of benzene rings is 1. The van der Waals surface area contributed by atoms with E-state index in [0.29, 0.717) is 29.4 Å². The minimum atomic E-state index is -0.437. The Morgan fingerprint density at radius 2 is 2.25 bits per heavy atom. The molecule has 1 aromatic carbocycles. The van der Waals surface area contributed by atoms with Crippen LogP contribution in [0, 0.1) is 11.3 Å². The Labute approximate surface area is 139 Å². The van der Waals surface area contributed by atoms with E-state index in [1.165, 1.54) is 13.2 Å². The van der Waals surface area contributed by atoms with Crippen LogP contribution in [0.3, 0.4) is 0 Å². The fourth-order valence-electron chi connectivity index (χ4n) is 2.64. The standard InChI is InChI=1S/C17H18N2O5/c1-21-14-7-16-15(23-10-24-16)6-11(14)5-12(8-18)17(20)19-9-13-3-2-4-22-13/h5-7,13H,2-4,9-10H2,1H3,(H,19,20)/b12-5+/t13-/m1/s1. The largest absolute Gasteiger partial charge is 0.496 e. The molecule has 7 nitrogen and oxygen atoms in total. The number of ether oxygens (including phenoxy) is 4. The topological polar surface area (TPSA) is 89.8 Å². The zero-order chi connectivity index (χ0) is 16.9. The van der Waals surface area contributed by atoms with Gasteiger partial charge in [0.15, 0.2) is 11.5 Å². The molecular weight excluding hydrogens is 312 g/mol. The van der Waals surface area contributed by atoms with Gasteiger partial charge in [-0.3, -0.25) is 4.79 Å². The molecule has 1 N–H and O–H groups in total. The summed E-state index contributed by atoms with van der Waals surface area (Å²) in [7, 11) is 1.51. The highest BCUT2D eigenvalue weighted by Gasteiger charge is 2.20. The van der Waals surface area contributed by atoms with Crippen LogP contribution in [0.5, 0.6) is 17.2 Å². The highest BCUT2D eigenvalue weighted by molar-refractivity contribution is 6.02. The number of fused-ring (bicyclic) bond motifs is 1. The number of amides is 1. The van der Waals surface area contributed by atoms with E-state index in [1.54, 1.807) is 12.1 Å². The second kappa shape index (κ2) is 7.23. The summed E-state index contributed by atoms with van der Waals surface area (Å²) in [4.78, 5) is 12.2. The molecule has 0 radical (unpaired) electrons. The van der Waals surface area contributed by atoms with Crippen LogP contribution in [0.15, 0.2) is 17.7 Å². The van der Waals surface area contributed by atoms with E-state index >= 15 is 0 Å².